The maximum atomic E-state index is 11.2. The van der Waals surface area contributed by atoms with E-state index in [4.69, 9.17) is 44.6 Å². The average molecular weight is 336 g/mol. The van der Waals surface area contributed by atoms with Crippen LogP contribution in [0, 0.1) is 0 Å². The molecule has 0 aliphatic carbocycles. The number of imidazole rings is 1. The van der Waals surface area contributed by atoms with E-state index < -0.39 is 5.97 Å². The van der Waals surface area contributed by atoms with Gasteiger partial charge in [-0.25, -0.2) is 9.78 Å². The Morgan fingerprint density at radius 3 is 2.65 bits per heavy atom. The molecule has 2 rings (SSSR count). The molecule has 0 saturated carbocycles. The van der Waals surface area contributed by atoms with Gasteiger partial charge in [-0.1, -0.05) is 34.8 Å². The van der Waals surface area contributed by atoms with Crippen LogP contribution >= 0.6 is 34.8 Å². The number of aromatic nitrogens is 2. The van der Waals surface area contributed by atoms with E-state index >= 15 is 0 Å². The summed E-state index contributed by atoms with van der Waals surface area (Å²) in [5.41, 5.74) is -0.109. The number of benzene rings is 1. The molecule has 0 fully saturated rings. The molecule has 1 N–H and O–H groups in total. The lowest BCUT2D eigenvalue weighted by Gasteiger charge is -2.11. The molecule has 20 heavy (non-hydrogen) atoms. The van der Waals surface area contributed by atoms with Crippen LogP contribution in [0.2, 0.25) is 15.2 Å². The van der Waals surface area contributed by atoms with Gasteiger partial charge in [0.2, 0.25) is 0 Å². The SMILES string of the molecule is Cn1c(Cl)cnc1COc1c(Cl)cc(Cl)cc1C(=O)O. The van der Waals surface area contributed by atoms with E-state index in [0.717, 1.165) is 0 Å². The summed E-state index contributed by atoms with van der Waals surface area (Å²) in [7, 11) is 1.72. The smallest absolute Gasteiger partial charge is 0.339 e. The number of hydrogen-bond acceptors (Lipinski definition) is 3. The molecule has 0 aliphatic heterocycles. The number of halogens is 3. The first kappa shape index (κ1) is 15.0. The van der Waals surface area contributed by atoms with Crippen molar-refractivity contribution in [2.45, 2.75) is 6.61 Å². The molecule has 8 heteroatoms. The number of hydrogen-bond donors (Lipinski definition) is 1. The summed E-state index contributed by atoms with van der Waals surface area (Å²) in [4.78, 5) is 15.2. The minimum absolute atomic E-state index is 0.0326. The maximum Gasteiger partial charge on any atom is 0.339 e. The maximum absolute atomic E-state index is 11.2. The third-order valence-electron chi connectivity index (χ3n) is 2.61. The first-order chi connectivity index (χ1) is 9.40. The molecule has 0 atom stereocenters. The predicted octanol–water partition coefficient (Wildman–Crippen LogP) is 3.66. The lowest BCUT2D eigenvalue weighted by molar-refractivity contribution is 0.0691. The predicted molar refractivity (Wildman–Crippen MR) is 76.0 cm³/mol. The number of ether oxygens (including phenoxy) is 1. The van der Waals surface area contributed by atoms with Crippen molar-refractivity contribution in [3.8, 4) is 5.75 Å². The van der Waals surface area contributed by atoms with Gasteiger partial charge in [0.25, 0.3) is 0 Å². The number of nitrogens with zero attached hydrogens (tertiary/aromatic N) is 2. The molecule has 0 radical (unpaired) electrons. The van der Waals surface area contributed by atoms with Crippen LogP contribution in [0.5, 0.6) is 5.75 Å². The monoisotopic (exact) mass is 334 g/mol. The van der Waals surface area contributed by atoms with Gasteiger partial charge >= 0.3 is 5.97 Å². The second-order valence-corrected chi connectivity index (χ2v) is 5.15. The van der Waals surface area contributed by atoms with E-state index in [1.165, 1.54) is 18.3 Å². The molecule has 1 heterocycles. The Morgan fingerprint density at radius 1 is 1.40 bits per heavy atom. The van der Waals surface area contributed by atoms with Gasteiger partial charge in [-0.2, -0.15) is 0 Å². The summed E-state index contributed by atoms with van der Waals surface area (Å²) >= 11 is 17.6. The second kappa shape index (κ2) is 5.91. The third-order valence-corrected chi connectivity index (χ3v) is 3.46. The molecular formula is C12H9Cl3N2O3. The standard InChI is InChI=1S/C12H9Cl3N2O3/c1-17-9(15)4-16-10(17)5-20-11-7(12(18)19)2-6(13)3-8(11)14/h2-4H,5H2,1H3,(H,18,19). The minimum atomic E-state index is -1.18. The first-order valence-electron chi connectivity index (χ1n) is 5.41. The fourth-order valence-electron chi connectivity index (χ4n) is 1.56. The Kier molecular flexibility index (Phi) is 4.42. The van der Waals surface area contributed by atoms with Gasteiger partial charge in [0.15, 0.2) is 5.75 Å². The molecule has 0 saturated heterocycles. The van der Waals surface area contributed by atoms with Crippen LogP contribution in [-0.2, 0) is 13.7 Å². The quantitative estimate of drug-likeness (QED) is 0.926. The van der Waals surface area contributed by atoms with Crippen LogP contribution in [0.4, 0.5) is 0 Å². The number of carboxylic acid groups (broad SMARTS) is 1. The van der Waals surface area contributed by atoms with Crippen molar-refractivity contribution in [3.05, 3.63) is 44.9 Å². The van der Waals surface area contributed by atoms with Crippen molar-refractivity contribution in [1.29, 1.82) is 0 Å². The van der Waals surface area contributed by atoms with Gasteiger partial charge in [0.1, 0.15) is 23.1 Å². The lowest BCUT2D eigenvalue weighted by atomic mass is 10.2. The van der Waals surface area contributed by atoms with Crippen LogP contribution in [-0.4, -0.2) is 20.6 Å². The largest absolute Gasteiger partial charge is 0.483 e. The van der Waals surface area contributed by atoms with Crippen LogP contribution in [0.25, 0.3) is 0 Å². The topological polar surface area (TPSA) is 64.4 Å². The molecule has 0 amide bonds. The van der Waals surface area contributed by atoms with Crippen molar-refractivity contribution in [3.63, 3.8) is 0 Å². The van der Waals surface area contributed by atoms with Gasteiger partial charge < -0.3 is 14.4 Å². The number of aromatic carboxylic acids is 1. The Balaban J connectivity index is 2.29. The third kappa shape index (κ3) is 3.00. The normalized spacial score (nSPS) is 10.6. The van der Waals surface area contributed by atoms with Crippen LogP contribution in [0.3, 0.4) is 0 Å². The minimum Gasteiger partial charge on any atom is -0.483 e. The molecule has 1 aromatic carbocycles. The van der Waals surface area contributed by atoms with E-state index in [-0.39, 0.29) is 28.0 Å². The fourth-order valence-corrected chi connectivity index (χ4v) is 2.26. The molecule has 0 aliphatic rings. The zero-order valence-corrected chi connectivity index (χ0v) is 12.5. The summed E-state index contributed by atoms with van der Waals surface area (Å²) in [5, 5.41) is 9.92. The number of rotatable bonds is 4. The fraction of sp³-hybridized carbons (Fsp3) is 0.167. The molecule has 106 valence electrons. The highest BCUT2D eigenvalue weighted by Crippen LogP contribution is 2.33. The molecule has 5 nitrogen and oxygen atoms in total. The van der Waals surface area contributed by atoms with Crippen LogP contribution in [0.1, 0.15) is 16.2 Å². The lowest BCUT2D eigenvalue weighted by Crippen LogP contribution is -2.07. The van der Waals surface area contributed by atoms with Crippen molar-refractivity contribution >= 4 is 40.8 Å². The van der Waals surface area contributed by atoms with Gasteiger partial charge in [-0.15, -0.1) is 0 Å². The molecular weight excluding hydrogens is 327 g/mol. The molecule has 0 unspecified atom stereocenters. The van der Waals surface area contributed by atoms with Crippen molar-refractivity contribution in [1.82, 2.24) is 9.55 Å². The highest BCUT2D eigenvalue weighted by Gasteiger charge is 2.17. The average Bonchev–Trinajstić information content (AvgIpc) is 2.68. The Morgan fingerprint density at radius 2 is 2.10 bits per heavy atom. The Hall–Kier alpha value is -1.43. The van der Waals surface area contributed by atoms with E-state index in [9.17, 15) is 4.79 Å². The number of carbonyl (C=O) groups is 1. The van der Waals surface area contributed by atoms with Gasteiger partial charge in [0, 0.05) is 12.1 Å². The Labute approximate surface area is 129 Å². The summed E-state index contributed by atoms with van der Waals surface area (Å²) in [6.07, 6.45) is 1.47. The van der Waals surface area contributed by atoms with E-state index in [2.05, 4.69) is 4.98 Å². The molecule has 0 bridgehead atoms. The summed E-state index contributed by atoms with van der Waals surface area (Å²) in [6, 6.07) is 2.69. The van der Waals surface area contributed by atoms with Crippen molar-refractivity contribution < 1.29 is 14.6 Å². The second-order valence-electron chi connectivity index (χ2n) is 3.91. The number of carboxylic acids is 1. The van der Waals surface area contributed by atoms with Crippen LogP contribution in [0.15, 0.2) is 18.3 Å². The summed E-state index contributed by atoms with van der Waals surface area (Å²) < 4.78 is 7.07. The van der Waals surface area contributed by atoms with E-state index in [0.29, 0.717) is 11.0 Å². The van der Waals surface area contributed by atoms with Gasteiger partial charge in [-0.05, 0) is 12.1 Å². The summed E-state index contributed by atoms with van der Waals surface area (Å²) in [5.74, 6) is -0.595. The van der Waals surface area contributed by atoms with Crippen molar-refractivity contribution in [2.24, 2.45) is 7.05 Å². The Bertz CT molecular complexity index is 670. The molecule has 2 aromatic rings. The zero-order chi connectivity index (χ0) is 14.9. The first-order valence-corrected chi connectivity index (χ1v) is 6.54. The molecule has 1 aromatic heterocycles. The van der Waals surface area contributed by atoms with Crippen molar-refractivity contribution in [2.75, 3.05) is 0 Å². The zero-order valence-electron chi connectivity index (χ0n) is 10.2. The van der Waals surface area contributed by atoms with E-state index in [1.54, 1.807) is 11.6 Å². The summed E-state index contributed by atoms with van der Waals surface area (Å²) in [6.45, 7) is 0.0326. The molecule has 0 spiro atoms. The van der Waals surface area contributed by atoms with Gasteiger partial charge in [-0.3, -0.25) is 0 Å². The van der Waals surface area contributed by atoms with E-state index in [1.807, 2.05) is 0 Å². The highest BCUT2D eigenvalue weighted by molar-refractivity contribution is 6.36. The van der Waals surface area contributed by atoms with Crippen LogP contribution < -0.4 is 4.74 Å². The highest BCUT2D eigenvalue weighted by atomic mass is 35.5. The van der Waals surface area contributed by atoms with Gasteiger partial charge in [0.05, 0.1) is 11.2 Å².